The standard InChI is InChI=1S/C18H24N2O2S/c21-17(19-14-7-3-1-2-4-8-14)11-12-20-15-9-5-6-10-16(15)23-13-18(20)22/h5-6,9-10,14H,1-4,7-8,11-13H2,(H,19,21). The van der Waals surface area contributed by atoms with Crippen molar-refractivity contribution in [2.45, 2.75) is 55.9 Å². The predicted octanol–water partition coefficient (Wildman–Crippen LogP) is 3.35. The molecule has 23 heavy (non-hydrogen) atoms. The van der Waals surface area contributed by atoms with E-state index in [1.54, 1.807) is 16.7 Å². The molecule has 1 aromatic carbocycles. The fourth-order valence-corrected chi connectivity index (χ4v) is 4.27. The van der Waals surface area contributed by atoms with Crippen molar-refractivity contribution in [3.63, 3.8) is 0 Å². The highest BCUT2D eigenvalue weighted by atomic mass is 32.2. The van der Waals surface area contributed by atoms with Gasteiger partial charge in [-0.3, -0.25) is 9.59 Å². The minimum absolute atomic E-state index is 0.0698. The molecule has 1 heterocycles. The van der Waals surface area contributed by atoms with Crippen LogP contribution in [0.3, 0.4) is 0 Å². The number of fused-ring (bicyclic) bond motifs is 1. The molecule has 0 atom stereocenters. The minimum atomic E-state index is 0.0698. The first kappa shape index (κ1) is 16.4. The molecule has 0 aromatic heterocycles. The van der Waals surface area contributed by atoms with Gasteiger partial charge in [-0.05, 0) is 25.0 Å². The van der Waals surface area contributed by atoms with Crippen LogP contribution in [-0.4, -0.2) is 30.2 Å². The van der Waals surface area contributed by atoms with Crippen molar-refractivity contribution < 1.29 is 9.59 Å². The molecular weight excluding hydrogens is 308 g/mol. The van der Waals surface area contributed by atoms with Crippen LogP contribution in [0.1, 0.15) is 44.9 Å². The Kier molecular flexibility index (Phi) is 5.60. The maximum absolute atomic E-state index is 12.2. The van der Waals surface area contributed by atoms with Crippen molar-refractivity contribution in [2.75, 3.05) is 17.2 Å². The Morgan fingerprint density at radius 1 is 1.17 bits per heavy atom. The smallest absolute Gasteiger partial charge is 0.237 e. The quantitative estimate of drug-likeness (QED) is 0.860. The van der Waals surface area contributed by atoms with Crippen LogP contribution in [0, 0.1) is 0 Å². The summed E-state index contributed by atoms with van der Waals surface area (Å²) in [5, 5.41) is 3.16. The normalized spacial score (nSPS) is 19.1. The number of benzene rings is 1. The Morgan fingerprint density at radius 3 is 2.70 bits per heavy atom. The van der Waals surface area contributed by atoms with Crippen molar-refractivity contribution in [3.8, 4) is 0 Å². The first-order chi connectivity index (χ1) is 11.2. The van der Waals surface area contributed by atoms with Gasteiger partial charge in [0.2, 0.25) is 11.8 Å². The zero-order chi connectivity index (χ0) is 16.1. The second-order valence-electron chi connectivity index (χ2n) is 6.31. The molecule has 2 aliphatic rings. The molecule has 0 unspecified atom stereocenters. The number of rotatable bonds is 4. The molecule has 0 saturated heterocycles. The molecule has 1 aromatic rings. The summed E-state index contributed by atoms with van der Waals surface area (Å²) in [5.41, 5.74) is 0.941. The molecule has 1 aliphatic carbocycles. The van der Waals surface area contributed by atoms with E-state index in [2.05, 4.69) is 5.32 Å². The summed E-state index contributed by atoms with van der Waals surface area (Å²) in [6.07, 6.45) is 7.54. The number of carbonyl (C=O) groups excluding carboxylic acids is 2. The van der Waals surface area contributed by atoms with E-state index >= 15 is 0 Å². The second-order valence-corrected chi connectivity index (χ2v) is 7.32. The van der Waals surface area contributed by atoms with Crippen molar-refractivity contribution in [1.29, 1.82) is 0 Å². The topological polar surface area (TPSA) is 49.4 Å². The highest BCUT2D eigenvalue weighted by molar-refractivity contribution is 8.00. The average molecular weight is 332 g/mol. The molecule has 3 rings (SSSR count). The number of nitrogens with one attached hydrogen (secondary N) is 1. The van der Waals surface area contributed by atoms with E-state index in [4.69, 9.17) is 0 Å². The Labute approximate surface area is 142 Å². The fourth-order valence-electron chi connectivity index (χ4n) is 3.34. The fraction of sp³-hybridized carbons (Fsp3) is 0.556. The Bertz CT molecular complexity index is 568. The number of thioether (sulfide) groups is 1. The summed E-state index contributed by atoms with van der Waals surface area (Å²) in [6, 6.07) is 8.24. The van der Waals surface area contributed by atoms with Crippen LogP contribution in [0.4, 0.5) is 5.69 Å². The van der Waals surface area contributed by atoms with Crippen LogP contribution in [0.2, 0.25) is 0 Å². The van der Waals surface area contributed by atoms with Crippen molar-refractivity contribution >= 4 is 29.3 Å². The molecule has 124 valence electrons. The molecule has 2 amide bonds. The largest absolute Gasteiger partial charge is 0.353 e. The van der Waals surface area contributed by atoms with E-state index in [-0.39, 0.29) is 11.8 Å². The number of para-hydroxylation sites is 1. The molecule has 1 fully saturated rings. The number of amides is 2. The monoisotopic (exact) mass is 332 g/mol. The van der Waals surface area contributed by atoms with Crippen LogP contribution in [0.25, 0.3) is 0 Å². The van der Waals surface area contributed by atoms with E-state index in [0.717, 1.165) is 23.4 Å². The molecule has 1 N–H and O–H groups in total. The predicted molar refractivity (Wildman–Crippen MR) is 93.8 cm³/mol. The molecular formula is C18H24N2O2S. The third kappa shape index (κ3) is 4.28. The summed E-state index contributed by atoms with van der Waals surface area (Å²) in [7, 11) is 0. The number of hydrogen-bond donors (Lipinski definition) is 1. The van der Waals surface area contributed by atoms with Crippen LogP contribution < -0.4 is 10.2 Å². The SMILES string of the molecule is O=C(CCN1C(=O)CSc2ccccc21)NC1CCCCCC1. The maximum atomic E-state index is 12.2. The van der Waals surface area contributed by atoms with Gasteiger partial charge < -0.3 is 10.2 Å². The van der Waals surface area contributed by atoms with E-state index < -0.39 is 0 Å². The summed E-state index contributed by atoms with van der Waals surface area (Å²) < 4.78 is 0. The highest BCUT2D eigenvalue weighted by Crippen LogP contribution is 2.34. The van der Waals surface area contributed by atoms with Crippen LogP contribution in [-0.2, 0) is 9.59 Å². The maximum Gasteiger partial charge on any atom is 0.237 e. The highest BCUT2D eigenvalue weighted by Gasteiger charge is 2.25. The lowest BCUT2D eigenvalue weighted by Gasteiger charge is -2.29. The van der Waals surface area contributed by atoms with E-state index in [1.165, 1.54) is 25.7 Å². The third-order valence-corrected chi connectivity index (χ3v) is 5.64. The number of hydrogen-bond acceptors (Lipinski definition) is 3. The summed E-state index contributed by atoms with van der Waals surface area (Å²) in [6.45, 7) is 0.467. The lowest BCUT2D eigenvalue weighted by atomic mass is 10.1. The van der Waals surface area contributed by atoms with Crippen LogP contribution >= 0.6 is 11.8 Å². The second kappa shape index (κ2) is 7.86. The number of nitrogens with zero attached hydrogens (tertiary/aromatic N) is 1. The van der Waals surface area contributed by atoms with Gasteiger partial charge in [0.25, 0.3) is 0 Å². The van der Waals surface area contributed by atoms with Crippen molar-refractivity contribution in [3.05, 3.63) is 24.3 Å². The van der Waals surface area contributed by atoms with Gasteiger partial charge in [-0.2, -0.15) is 0 Å². The zero-order valence-electron chi connectivity index (χ0n) is 13.4. The summed E-state index contributed by atoms with van der Waals surface area (Å²) >= 11 is 1.57. The molecule has 4 nitrogen and oxygen atoms in total. The Hall–Kier alpha value is -1.49. The van der Waals surface area contributed by atoms with Gasteiger partial charge in [0.1, 0.15) is 0 Å². The summed E-state index contributed by atoms with van der Waals surface area (Å²) in [4.78, 5) is 27.3. The van der Waals surface area contributed by atoms with Gasteiger partial charge in [0.05, 0.1) is 11.4 Å². The zero-order valence-corrected chi connectivity index (χ0v) is 14.2. The van der Waals surface area contributed by atoms with Crippen LogP contribution in [0.15, 0.2) is 29.2 Å². The Morgan fingerprint density at radius 2 is 1.91 bits per heavy atom. The minimum Gasteiger partial charge on any atom is -0.353 e. The number of anilines is 1. The molecule has 5 heteroatoms. The molecule has 0 radical (unpaired) electrons. The van der Waals surface area contributed by atoms with Gasteiger partial charge in [-0.1, -0.05) is 37.8 Å². The summed E-state index contributed by atoms with van der Waals surface area (Å²) in [5.74, 6) is 0.623. The molecule has 1 saturated carbocycles. The first-order valence-electron chi connectivity index (χ1n) is 8.55. The van der Waals surface area contributed by atoms with E-state index in [1.807, 2.05) is 24.3 Å². The molecule has 0 spiro atoms. The van der Waals surface area contributed by atoms with E-state index in [0.29, 0.717) is 24.8 Å². The molecule has 0 bridgehead atoms. The van der Waals surface area contributed by atoms with Gasteiger partial charge >= 0.3 is 0 Å². The lowest BCUT2D eigenvalue weighted by Crippen LogP contribution is -2.40. The van der Waals surface area contributed by atoms with Gasteiger partial charge in [0.15, 0.2) is 0 Å². The van der Waals surface area contributed by atoms with Crippen molar-refractivity contribution in [1.82, 2.24) is 5.32 Å². The van der Waals surface area contributed by atoms with Crippen LogP contribution in [0.5, 0.6) is 0 Å². The van der Waals surface area contributed by atoms with E-state index in [9.17, 15) is 9.59 Å². The van der Waals surface area contributed by atoms with Crippen molar-refractivity contribution in [2.24, 2.45) is 0 Å². The van der Waals surface area contributed by atoms with Gasteiger partial charge in [-0.15, -0.1) is 11.8 Å². The van der Waals surface area contributed by atoms with Gasteiger partial charge in [-0.25, -0.2) is 0 Å². The molecule has 1 aliphatic heterocycles. The average Bonchev–Trinajstić information content (AvgIpc) is 2.82. The lowest BCUT2D eigenvalue weighted by molar-refractivity contribution is -0.121. The third-order valence-electron chi connectivity index (χ3n) is 4.59. The first-order valence-corrected chi connectivity index (χ1v) is 9.54. The number of carbonyl (C=O) groups is 2. The Balaban J connectivity index is 1.55. The van der Waals surface area contributed by atoms with Gasteiger partial charge in [0, 0.05) is 23.9 Å².